The van der Waals surface area contributed by atoms with Crippen molar-refractivity contribution in [3.05, 3.63) is 23.8 Å². The Morgan fingerprint density at radius 3 is 3.00 bits per heavy atom. The second-order valence-corrected chi connectivity index (χ2v) is 3.71. The van der Waals surface area contributed by atoms with Crippen LogP contribution in [0.1, 0.15) is 25.0 Å². The van der Waals surface area contributed by atoms with Crippen LogP contribution in [-0.2, 0) is 4.65 Å². The first-order chi connectivity index (χ1) is 7.27. The predicted octanol–water partition coefficient (Wildman–Crippen LogP) is 1.32. The highest BCUT2D eigenvalue weighted by atomic mass is 16.6. The molecule has 0 aliphatic carbocycles. The molecular weight excluding hydrogens is 191 g/mol. The number of hydrogen-bond acceptors (Lipinski definition) is 3. The van der Waals surface area contributed by atoms with Crippen molar-refractivity contribution in [2.24, 2.45) is 0 Å². The van der Waals surface area contributed by atoms with Crippen LogP contribution in [-0.4, -0.2) is 18.8 Å². The number of aliphatic hydroxyl groups is 1. The number of rotatable bonds is 3. The van der Waals surface area contributed by atoms with E-state index in [0.717, 1.165) is 17.6 Å². The fourth-order valence-electron chi connectivity index (χ4n) is 2.18. The van der Waals surface area contributed by atoms with Gasteiger partial charge in [0.05, 0.1) is 6.10 Å². The summed E-state index contributed by atoms with van der Waals surface area (Å²) < 4.78 is 11.0. The maximum absolute atomic E-state index is 8.80. The van der Waals surface area contributed by atoms with E-state index < -0.39 is 0 Å². The maximum Gasteiger partial charge on any atom is 0.328 e. The topological polar surface area (TPSA) is 38.7 Å². The Kier molecular flexibility index (Phi) is 2.98. The molecule has 3 nitrogen and oxygen atoms in total. The van der Waals surface area contributed by atoms with Gasteiger partial charge in [0.25, 0.3) is 0 Å². The van der Waals surface area contributed by atoms with Gasteiger partial charge >= 0.3 is 6.92 Å². The van der Waals surface area contributed by atoms with E-state index >= 15 is 0 Å². The van der Waals surface area contributed by atoms with Crippen LogP contribution in [0.4, 0.5) is 0 Å². The van der Waals surface area contributed by atoms with E-state index in [4.69, 9.17) is 14.5 Å². The zero-order valence-corrected chi connectivity index (χ0v) is 9.06. The summed E-state index contributed by atoms with van der Waals surface area (Å²) in [6.45, 7) is 3.87. The van der Waals surface area contributed by atoms with Crippen molar-refractivity contribution in [3.8, 4) is 5.75 Å². The first-order valence-electron chi connectivity index (χ1n) is 5.29. The summed E-state index contributed by atoms with van der Waals surface area (Å²) in [6.07, 6.45) is 1.12. The van der Waals surface area contributed by atoms with Crippen molar-refractivity contribution in [1.82, 2.24) is 0 Å². The molecule has 80 valence electrons. The Hall–Kier alpha value is -0.995. The van der Waals surface area contributed by atoms with Gasteiger partial charge in [-0.15, -0.1) is 0 Å². The molecule has 15 heavy (non-hydrogen) atoms. The highest BCUT2D eigenvalue weighted by Crippen LogP contribution is 2.30. The molecule has 0 radical (unpaired) electrons. The number of ether oxygens (including phenoxy) is 1. The minimum absolute atomic E-state index is 0.0488. The van der Waals surface area contributed by atoms with Crippen molar-refractivity contribution in [2.45, 2.75) is 26.3 Å². The smallest absolute Gasteiger partial charge is 0.328 e. The zero-order chi connectivity index (χ0) is 10.8. The summed E-state index contributed by atoms with van der Waals surface area (Å²) in [5.41, 5.74) is 2.27. The van der Waals surface area contributed by atoms with Gasteiger partial charge in [-0.1, -0.05) is 25.9 Å². The Morgan fingerprint density at radius 1 is 1.53 bits per heavy atom. The van der Waals surface area contributed by atoms with Gasteiger partial charge in [-0.2, -0.15) is 0 Å². The molecular formula is C11H15BO3. The molecule has 0 aromatic heterocycles. The summed E-state index contributed by atoms with van der Waals surface area (Å²) in [4.78, 5) is 0. The lowest BCUT2D eigenvalue weighted by molar-refractivity contribution is 0.0995. The van der Waals surface area contributed by atoms with Crippen LogP contribution < -0.4 is 10.2 Å². The van der Waals surface area contributed by atoms with Gasteiger partial charge in [-0.25, -0.2) is 0 Å². The summed E-state index contributed by atoms with van der Waals surface area (Å²) >= 11 is 0. The molecule has 1 aromatic rings. The highest BCUT2D eigenvalue weighted by Gasteiger charge is 2.33. The second-order valence-electron chi connectivity index (χ2n) is 3.71. The summed E-state index contributed by atoms with van der Waals surface area (Å²) in [5, 5.41) is 8.80. The largest absolute Gasteiger partial charge is 0.468 e. The first-order valence-corrected chi connectivity index (χ1v) is 5.29. The van der Waals surface area contributed by atoms with Gasteiger partial charge in [0.15, 0.2) is 6.79 Å². The average molecular weight is 206 g/mol. The SMILES string of the molecule is CCC1OB(C)c2c(OCO)cccc21. The number of aliphatic hydroxyl groups excluding tert-OH is 1. The van der Waals surface area contributed by atoms with E-state index in [-0.39, 0.29) is 19.8 Å². The van der Waals surface area contributed by atoms with E-state index in [0.29, 0.717) is 0 Å². The third-order valence-corrected chi connectivity index (χ3v) is 2.81. The van der Waals surface area contributed by atoms with Gasteiger partial charge in [-0.3, -0.25) is 0 Å². The number of fused-ring (bicyclic) bond motifs is 1. The lowest BCUT2D eigenvalue weighted by Gasteiger charge is -2.10. The van der Waals surface area contributed by atoms with Crippen molar-refractivity contribution in [1.29, 1.82) is 0 Å². The lowest BCUT2D eigenvalue weighted by atomic mass is 9.63. The minimum atomic E-state index is -0.292. The Labute approximate surface area is 90.1 Å². The molecule has 1 heterocycles. The van der Waals surface area contributed by atoms with E-state index in [1.165, 1.54) is 5.56 Å². The van der Waals surface area contributed by atoms with Gasteiger partial charge in [0.1, 0.15) is 5.75 Å². The van der Waals surface area contributed by atoms with Crippen molar-refractivity contribution in [3.63, 3.8) is 0 Å². The first kappa shape index (κ1) is 10.5. The summed E-state index contributed by atoms with van der Waals surface area (Å²) in [6, 6.07) is 5.87. The molecule has 1 N–H and O–H groups in total. The fourth-order valence-corrected chi connectivity index (χ4v) is 2.18. The molecule has 0 saturated carbocycles. The van der Waals surface area contributed by atoms with Gasteiger partial charge in [0, 0.05) is 0 Å². The highest BCUT2D eigenvalue weighted by molar-refractivity contribution is 6.68. The average Bonchev–Trinajstić information content (AvgIpc) is 2.57. The van der Waals surface area contributed by atoms with Crippen LogP contribution in [0.2, 0.25) is 6.82 Å². The molecule has 0 amide bonds. The summed E-state index contributed by atoms with van der Waals surface area (Å²) in [5.74, 6) is 0.735. The third-order valence-electron chi connectivity index (χ3n) is 2.81. The monoisotopic (exact) mass is 206 g/mol. The maximum atomic E-state index is 8.80. The third kappa shape index (κ3) is 1.75. The Morgan fingerprint density at radius 2 is 2.33 bits per heavy atom. The molecule has 1 unspecified atom stereocenters. The van der Waals surface area contributed by atoms with Crippen molar-refractivity contribution < 1.29 is 14.5 Å². The molecule has 0 saturated heterocycles. The van der Waals surface area contributed by atoms with Crippen LogP contribution in [0.3, 0.4) is 0 Å². The fraction of sp³-hybridized carbons (Fsp3) is 0.455. The van der Waals surface area contributed by atoms with Gasteiger partial charge in [0.2, 0.25) is 0 Å². The molecule has 4 heteroatoms. The van der Waals surface area contributed by atoms with E-state index in [2.05, 4.69) is 13.0 Å². The van der Waals surface area contributed by atoms with Gasteiger partial charge in [-0.05, 0) is 23.5 Å². The van der Waals surface area contributed by atoms with Crippen LogP contribution in [0.5, 0.6) is 5.75 Å². The second kappa shape index (κ2) is 4.25. The molecule has 2 rings (SSSR count). The van der Waals surface area contributed by atoms with Crippen molar-refractivity contribution in [2.75, 3.05) is 6.79 Å². The molecule has 0 spiro atoms. The van der Waals surface area contributed by atoms with E-state index in [9.17, 15) is 0 Å². The minimum Gasteiger partial charge on any atom is -0.468 e. The van der Waals surface area contributed by atoms with Crippen molar-refractivity contribution >= 4 is 12.4 Å². The predicted molar refractivity (Wildman–Crippen MR) is 59.5 cm³/mol. The quantitative estimate of drug-likeness (QED) is 0.598. The lowest BCUT2D eigenvalue weighted by Crippen LogP contribution is -2.26. The molecule has 1 aliphatic rings. The molecule has 1 aliphatic heterocycles. The molecule has 0 fully saturated rings. The molecule has 1 aromatic carbocycles. The molecule has 0 bridgehead atoms. The Bertz CT molecular complexity index is 354. The van der Waals surface area contributed by atoms with Crippen LogP contribution in [0, 0.1) is 0 Å². The number of hydrogen-bond donors (Lipinski definition) is 1. The van der Waals surface area contributed by atoms with Crippen LogP contribution in [0.15, 0.2) is 18.2 Å². The van der Waals surface area contributed by atoms with Crippen LogP contribution in [0.25, 0.3) is 0 Å². The number of benzene rings is 1. The molecule has 1 atom stereocenters. The normalized spacial score (nSPS) is 19.1. The summed E-state index contributed by atoms with van der Waals surface area (Å²) in [7, 11) is 0. The Balaban J connectivity index is 2.42. The van der Waals surface area contributed by atoms with Crippen LogP contribution >= 0.6 is 0 Å². The van der Waals surface area contributed by atoms with E-state index in [1.54, 1.807) is 0 Å². The zero-order valence-electron chi connectivity index (χ0n) is 9.06. The standard InChI is InChI=1S/C11H15BO3/c1-3-9-8-5-4-6-10(14-7-13)11(8)12(2)15-9/h4-6,9,13H,3,7H2,1-2H3. The van der Waals surface area contributed by atoms with E-state index in [1.807, 2.05) is 19.0 Å². The van der Waals surface area contributed by atoms with Gasteiger partial charge < -0.3 is 14.5 Å².